The zero-order valence-electron chi connectivity index (χ0n) is 8.98. The molecule has 2 aromatic rings. The molecule has 18 heavy (non-hydrogen) atoms. The minimum Gasteiger partial charge on any atom is -0.320 e. The monoisotopic (exact) mass is 280 g/mol. The van der Waals surface area contributed by atoms with Crippen LogP contribution in [0.4, 0.5) is 0 Å². The second-order valence-electron chi connectivity index (χ2n) is 3.48. The second-order valence-corrected chi connectivity index (χ2v) is 4.21. The Morgan fingerprint density at radius 1 is 1.50 bits per heavy atom. The van der Waals surface area contributed by atoms with Gasteiger partial charge in [-0.05, 0) is 23.7 Å². The van der Waals surface area contributed by atoms with Crippen molar-refractivity contribution >= 4 is 39.5 Å². The van der Waals surface area contributed by atoms with Crippen LogP contribution in [0.15, 0.2) is 23.1 Å². The first-order valence-corrected chi connectivity index (χ1v) is 5.63. The van der Waals surface area contributed by atoms with E-state index in [4.69, 9.17) is 29.6 Å². The van der Waals surface area contributed by atoms with E-state index in [1.807, 2.05) is 0 Å². The van der Waals surface area contributed by atoms with Gasteiger partial charge in [0.25, 0.3) is 5.24 Å². The summed E-state index contributed by atoms with van der Waals surface area (Å²) in [5.74, 6) is 2.40. The van der Waals surface area contributed by atoms with Crippen molar-refractivity contribution in [1.82, 2.24) is 9.55 Å². The third-order valence-electron chi connectivity index (χ3n) is 2.36. The standard InChI is InChI=1S/C12H6Cl2N2O2/c1-2-5-16-6-8(11(14)18)10(17)7-3-4-9(13)15-12(7)16/h1,3-4,6H,5H2. The van der Waals surface area contributed by atoms with Gasteiger partial charge in [0.05, 0.1) is 17.5 Å². The molecule has 0 bridgehead atoms. The number of hydrogen-bond donors (Lipinski definition) is 0. The average Bonchev–Trinajstić information content (AvgIpc) is 2.32. The first-order chi connectivity index (χ1) is 8.54. The van der Waals surface area contributed by atoms with Crippen LogP contribution < -0.4 is 5.43 Å². The quantitative estimate of drug-likeness (QED) is 0.481. The maximum absolute atomic E-state index is 12.0. The molecule has 0 N–H and O–H groups in total. The predicted octanol–water partition coefficient (Wildman–Crippen LogP) is 2.06. The molecule has 0 aliphatic heterocycles. The Morgan fingerprint density at radius 2 is 2.22 bits per heavy atom. The molecule has 0 saturated carbocycles. The first kappa shape index (κ1) is 12.6. The molecule has 0 fully saturated rings. The molecule has 0 aliphatic carbocycles. The van der Waals surface area contributed by atoms with Gasteiger partial charge in [-0.1, -0.05) is 17.5 Å². The van der Waals surface area contributed by atoms with Crippen molar-refractivity contribution in [2.24, 2.45) is 0 Å². The molecule has 6 heteroatoms. The van der Waals surface area contributed by atoms with E-state index >= 15 is 0 Å². The van der Waals surface area contributed by atoms with Crippen molar-refractivity contribution in [3.05, 3.63) is 39.3 Å². The molecule has 2 rings (SSSR count). The van der Waals surface area contributed by atoms with Gasteiger partial charge < -0.3 is 4.57 Å². The first-order valence-electron chi connectivity index (χ1n) is 4.87. The zero-order valence-corrected chi connectivity index (χ0v) is 10.5. The summed E-state index contributed by atoms with van der Waals surface area (Å²) in [6.07, 6.45) is 6.52. The molecule has 0 radical (unpaired) electrons. The van der Waals surface area contributed by atoms with Gasteiger partial charge in [-0.25, -0.2) is 4.98 Å². The number of nitrogens with zero attached hydrogens (tertiary/aromatic N) is 2. The number of rotatable bonds is 2. The second kappa shape index (κ2) is 4.81. The molecular weight excluding hydrogens is 275 g/mol. The topological polar surface area (TPSA) is 52.0 Å². The Balaban J connectivity index is 2.93. The van der Waals surface area contributed by atoms with Crippen LogP contribution in [-0.2, 0) is 6.54 Å². The lowest BCUT2D eigenvalue weighted by molar-refractivity contribution is 0.108. The van der Waals surface area contributed by atoms with Crippen molar-refractivity contribution < 1.29 is 4.79 Å². The molecule has 2 aromatic heterocycles. The largest absolute Gasteiger partial charge is 0.320 e. The van der Waals surface area contributed by atoms with E-state index in [0.717, 1.165) is 0 Å². The number of hydrogen-bond acceptors (Lipinski definition) is 3. The molecule has 0 aromatic carbocycles. The van der Waals surface area contributed by atoms with Crippen molar-refractivity contribution in [3.63, 3.8) is 0 Å². The van der Waals surface area contributed by atoms with Gasteiger partial charge in [-0.15, -0.1) is 6.42 Å². The minimum atomic E-state index is -0.831. The van der Waals surface area contributed by atoms with Crippen molar-refractivity contribution in [3.8, 4) is 12.3 Å². The lowest BCUT2D eigenvalue weighted by atomic mass is 10.2. The number of aromatic nitrogens is 2. The van der Waals surface area contributed by atoms with Gasteiger partial charge in [0.2, 0.25) is 5.43 Å². The van der Waals surface area contributed by atoms with E-state index in [2.05, 4.69) is 10.9 Å². The van der Waals surface area contributed by atoms with E-state index in [-0.39, 0.29) is 22.6 Å². The van der Waals surface area contributed by atoms with Crippen LogP contribution in [0.5, 0.6) is 0 Å². The molecule has 0 spiro atoms. The van der Waals surface area contributed by atoms with Crippen LogP contribution >= 0.6 is 23.2 Å². The molecule has 0 unspecified atom stereocenters. The Kier molecular flexibility index (Phi) is 3.37. The third kappa shape index (κ3) is 2.10. The molecule has 0 amide bonds. The van der Waals surface area contributed by atoms with Crippen LogP contribution in [0, 0.1) is 12.3 Å². The van der Waals surface area contributed by atoms with E-state index in [0.29, 0.717) is 5.65 Å². The molecule has 0 aliphatic rings. The fourth-order valence-electron chi connectivity index (χ4n) is 1.60. The third-order valence-corrected chi connectivity index (χ3v) is 2.77. The molecule has 2 heterocycles. The molecule has 4 nitrogen and oxygen atoms in total. The zero-order chi connectivity index (χ0) is 13.3. The van der Waals surface area contributed by atoms with Gasteiger partial charge in [0.1, 0.15) is 10.8 Å². The molecular formula is C12H6Cl2N2O2. The number of fused-ring (bicyclic) bond motifs is 1. The Hall–Kier alpha value is -1.83. The highest BCUT2D eigenvalue weighted by Gasteiger charge is 2.14. The maximum atomic E-state index is 12.0. The van der Waals surface area contributed by atoms with E-state index < -0.39 is 10.7 Å². The summed E-state index contributed by atoms with van der Waals surface area (Å²) in [5.41, 5.74) is -0.293. The molecule has 90 valence electrons. The van der Waals surface area contributed by atoms with Crippen LogP contribution in [0.3, 0.4) is 0 Å². The number of pyridine rings is 2. The van der Waals surface area contributed by atoms with Crippen LogP contribution in [0.1, 0.15) is 10.4 Å². The van der Waals surface area contributed by atoms with E-state index in [9.17, 15) is 9.59 Å². The number of carbonyl (C=O) groups excluding carboxylic acids is 1. The maximum Gasteiger partial charge on any atom is 0.257 e. The molecule has 0 saturated heterocycles. The van der Waals surface area contributed by atoms with Crippen LogP contribution in [0.2, 0.25) is 5.15 Å². The van der Waals surface area contributed by atoms with Crippen molar-refractivity contribution in [2.45, 2.75) is 6.54 Å². The Labute approximate surface area is 112 Å². The summed E-state index contributed by atoms with van der Waals surface area (Å²) in [6.45, 7) is 0.154. The van der Waals surface area contributed by atoms with Gasteiger partial charge >= 0.3 is 0 Å². The fourth-order valence-corrected chi connectivity index (χ4v) is 1.88. The number of carbonyl (C=O) groups is 1. The Bertz CT molecular complexity index is 744. The summed E-state index contributed by atoms with van der Waals surface area (Å²) < 4.78 is 1.48. The van der Waals surface area contributed by atoms with Gasteiger partial charge in [0.15, 0.2) is 0 Å². The van der Waals surface area contributed by atoms with E-state index in [1.165, 1.54) is 22.9 Å². The van der Waals surface area contributed by atoms with Gasteiger partial charge in [-0.2, -0.15) is 0 Å². The Morgan fingerprint density at radius 3 is 2.83 bits per heavy atom. The highest BCUT2D eigenvalue weighted by Crippen LogP contribution is 2.14. The molecule has 0 atom stereocenters. The van der Waals surface area contributed by atoms with Gasteiger partial charge in [0, 0.05) is 6.20 Å². The minimum absolute atomic E-state index is 0.136. The normalized spacial score (nSPS) is 10.3. The van der Waals surface area contributed by atoms with Crippen molar-refractivity contribution in [2.75, 3.05) is 0 Å². The predicted molar refractivity (Wildman–Crippen MR) is 70.0 cm³/mol. The van der Waals surface area contributed by atoms with E-state index in [1.54, 1.807) is 0 Å². The SMILES string of the molecule is C#CCn1cc(C(=O)Cl)c(=O)c2ccc(Cl)nc21. The summed E-state index contributed by atoms with van der Waals surface area (Å²) in [4.78, 5) is 27.2. The summed E-state index contributed by atoms with van der Waals surface area (Å²) in [7, 11) is 0. The summed E-state index contributed by atoms with van der Waals surface area (Å²) >= 11 is 11.1. The smallest absolute Gasteiger partial charge is 0.257 e. The number of halogens is 2. The summed E-state index contributed by atoms with van der Waals surface area (Å²) in [5, 5.41) is -0.346. The highest BCUT2D eigenvalue weighted by molar-refractivity contribution is 6.67. The fraction of sp³-hybridized carbons (Fsp3) is 0.0833. The van der Waals surface area contributed by atoms with Gasteiger partial charge in [-0.3, -0.25) is 9.59 Å². The number of terminal acetylenes is 1. The van der Waals surface area contributed by atoms with Crippen molar-refractivity contribution in [1.29, 1.82) is 0 Å². The average molecular weight is 281 g/mol. The highest BCUT2D eigenvalue weighted by atomic mass is 35.5. The van der Waals surface area contributed by atoms with Crippen LogP contribution in [0.25, 0.3) is 11.0 Å². The van der Waals surface area contributed by atoms with Crippen LogP contribution in [-0.4, -0.2) is 14.8 Å². The lowest BCUT2D eigenvalue weighted by Crippen LogP contribution is -2.17. The summed E-state index contributed by atoms with van der Waals surface area (Å²) in [6, 6.07) is 2.96. The lowest BCUT2D eigenvalue weighted by Gasteiger charge is -2.08.